The van der Waals surface area contributed by atoms with Gasteiger partial charge in [0, 0.05) is 12.3 Å². The van der Waals surface area contributed by atoms with E-state index in [-0.39, 0.29) is 28.8 Å². The lowest BCUT2D eigenvalue weighted by molar-refractivity contribution is -0.385. The SMILES string of the molecule is N#Cc1cc(COc2c(Cl)cccc2[N+](=O)[O-])ccn1. The van der Waals surface area contributed by atoms with E-state index in [1.54, 1.807) is 12.1 Å². The third-order valence-electron chi connectivity index (χ3n) is 2.46. The highest BCUT2D eigenvalue weighted by Crippen LogP contribution is 2.34. The molecule has 0 spiro atoms. The van der Waals surface area contributed by atoms with Crippen LogP contribution in [0.1, 0.15) is 11.3 Å². The van der Waals surface area contributed by atoms with Crippen LogP contribution in [0.15, 0.2) is 36.5 Å². The summed E-state index contributed by atoms with van der Waals surface area (Å²) in [6.07, 6.45) is 1.47. The van der Waals surface area contributed by atoms with Crippen LogP contribution >= 0.6 is 11.6 Å². The zero-order chi connectivity index (χ0) is 14.5. The second-order valence-electron chi connectivity index (χ2n) is 3.80. The molecule has 0 aliphatic carbocycles. The van der Waals surface area contributed by atoms with Crippen LogP contribution in [0.5, 0.6) is 5.75 Å². The maximum atomic E-state index is 10.9. The molecule has 2 rings (SSSR count). The summed E-state index contributed by atoms with van der Waals surface area (Å²) in [7, 11) is 0. The number of rotatable bonds is 4. The highest BCUT2D eigenvalue weighted by atomic mass is 35.5. The van der Waals surface area contributed by atoms with Crippen molar-refractivity contribution < 1.29 is 9.66 Å². The predicted molar refractivity (Wildman–Crippen MR) is 71.4 cm³/mol. The molecule has 0 amide bonds. The van der Waals surface area contributed by atoms with Gasteiger partial charge in [0.25, 0.3) is 0 Å². The highest BCUT2D eigenvalue weighted by molar-refractivity contribution is 6.32. The van der Waals surface area contributed by atoms with Crippen LogP contribution in [-0.2, 0) is 6.61 Å². The normalized spacial score (nSPS) is 9.80. The molecule has 20 heavy (non-hydrogen) atoms. The summed E-state index contributed by atoms with van der Waals surface area (Å²) in [6, 6.07) is 9.41. The summed E-state index contributed by atoms with van der Waals surface area (Å²) in [6.45, 7) is 0.0573. The van der Waals surface area contributed by atoms with E-state index in [0.29, 0.717) is 5.56 Å². The average Bonchev–Trinajstić information content (AvgIpc) is 2.45. The van der Waals surface area contributed by atoms with Crippen LogP contribution in [0, 0.1) is 21.4 Å². The summed E-state index contributed by atoms with van der Waals surface area (Å²) in [5.41, 5.74) is 0.720. The zero-order valence-corrected chi connectivity index (χ0v) is 10.9. The summed E-state index contributed by atoms with van der Waals surface area (Å²) in [5.74, 6) is 0.00878. The summed E-state index contributed by atoms with van der Waals surface area (Å²) in [4.78, 5) is 14.2. The van der Waals surface area contributed by atoms with E-state index in [9.17, 15) is 10.1 Å². The standard InChI is InChI=1S/C13H8ClN3O3/c14-11-2-1-3-12(17(18)19)13(11)20-8-9-4-5-16-10(6-9)7-15/h1-6H,8H2. The first-order chi connectivity index (χ1) is 9.61. The van der Waals surface area contributed by atoms with Gasteiger partial charge in [-0.3, -0.25) is 10.1 Å². The molecular weight excluding hydrogens is 282 g/mol. The minimum Gasteiger partial charge on any atom is -0.481 e. The van der Waals surface area contributed by atoms with E-state index in [1.165, 1.54) is 24.4 Å². The van der Waals surface area contributed by atoms with Gasteiger partial charge in [-0.25, -0.2) is 4.98 Å². The van der Waals surface area contributed by atoms with Crippen LogP contribution in [0.2, 0.25) is 5.02 Å². The molecular formula is C13H8ClN3O3. The summed E-state index contributed by atoms with van der Waals surface area (Å²) < 4.78 is 5.40. The van der Waals surface area contributed by atoms with Crippen molar-refractivity contribution in [2.75, 3.05) is 0 Å². The molecule has 0 N–H and O–H groups in total. The number of halogens is 1. The lowest BCUT2D eigenvalue weighted by atomic mass is 10.2. The van der Waals surface area contributed by atoms with Crippen LogP contribution in [0.25, 0.3) is 0 Å². The molecule has 0 aliphatic heterocycles. The van der Waals surface area contributed by atoms with E-state index in [2.05, 4.69) is 4.98 Å². The van der Waals surface area contributed by atoms with Gasteiger partial charge in [0.1, 0.15) is 18.4 Å². The number of nitro benzene ring substituents is 1. The van der Waals surface area contributed by atoms with E-state index >= 15 is 0 Å². The molecule has 1 aromatic heterocycles. The number of nitro groups is 1. The quantitative estimate of drug-likeness (QED) is 0.637. The number of para-hydroxylation sites is 1. The van der Waals surface area contributed by atoms with Crippen molar-refractivity contribution in [2.24, 2.45) is 0 Å². The van der Waals surface area contributed by atoms with Gasteiger partial charge in [0.05, 0.1) is 9.95 Å². The first-order valence-electron chi connectivity index (χ1n) is 5.52. The lowest BCUT2D eigenvalue weighted by Gasteiger charge is -2.08. The van der Waals surface area contributed by atoms with E-state index < -0.39 is 4.92 Å². The van der Waals surface area contributed by atoms with Gasteiger partial charge in [-0.1, -0.05) is 17.7 Å². The zero-order valence-electron chi connectivity index (χ0n) is 10.1. The van der Waals surface area contributed by atoms with Gasteiger partial charge >= 0.3 is 5.69 Å². The maximum Gasteiger partial charge on any atom is 0.312 e. The first kappa shape index (κ1) is 13.8. The van der Waals surface area contributed by atoms with Crippen LogP contribution < -0.4 is 4.74 Å². The topological polar surface area (TPSA) is 89.0 Å². The van der Waals surface area contributed by atoms with Crippen molar-refractivity contribution in [1.29, 1.82) is 5.26 Å². The smallest absolute Gasteiger partial charge is 0.312 e. The summed E-state index contributed by atoms with van der Waals surface area (Å²) >= 11 is 5.90. The van der Waals surface area contributed by atoms with Gasteiger partial charge < -0.3 is 4.74 Å². The number of hydrogen-bond donors (Lipinski definition) is 0. The Morgan fingerprint density at radius 2 is 2.25 bits per heavy atom. The molecule has 0 bridgehead atoms. The molecule has 0 atom stereocenters. The number of nitrogens with zero attached hydrogens (tertiary/aromatic N) is 3. The molecule has 7 heteroatoms. The minimum atomic E-state index is -0.561. The number of nitriles is 1. The third kappa shape index (κ3) is 3.02. The fraction of sp³-hybridized carbons (Fsp3) is 0.0769. The third-order valence-corrected chi connectivity index (χ3v) is 2.76. The molecule has 0 radical (unpaired) electrons. The molecule has 1 heterocycles. The molecule has 0 unspecified atom stereocenters. The van der Waals surface area contributed by atoms with Crippen LogP contribution in [-0.4, -0.2) is 9.91 Å². The maximum absolute atomic E-state index is 10.9. The monoisotopic (exact) mass is 289 g/mol. The second-order valence-corrected chi connectivity index (χ2v) is 4.20. The van der Waals surface area contributed by atoms with Crippen molar-refractivity contribution in [2.45, 2.75) is 6.61 Å². The molecule has 0 fully saturated rings. The number of benzene rings is 1. The Morgan fingerprint density at radius 3 is 2.95 bits per heavy atom. The number of aromatic nitrogens is 1. The Hall–Kier alpha value is -2.65. The molecule has 0 saturated carbocycles. The Morgan fingerprint density at radius 1 is 1.45 bits per heavy atom. The van der Waals surface area contributed by atoms with Crippen molar-refractivity contribution >= 4 is 17.3 Å². The fourth-order valence-electron chi connectivity index (χ4n) is 1.56. The first-order valence-corrected chi connectivity index (χ1v) is 5.90. The van der Waals surface area contributed by atoms with Crippen molar-refractivity contribution in [3.05, 3.63) is 62.9 Å². The van der Waals surface area contributed by atoms with E-state index in [0.717, 1.165) is 0 Å². The number of pyridine rings is 1. The highest BCUT2D eigenvalue weighted by Gasteiger charge is 2.18. The van der Waals surface area contributed by atoms with Gasteiger partial charge in [0.15, 0.2) is 0 Å². The molecule has 1 aromatic carbocycles. The fourth-order valence-corrected chi connectivity index (χ4v) is 1.79. The molecule has 0 saturated heterocycles. The van der Waals surface area contributed by atoms with Gasteiger partial charge in [0.2, 0.25) is 5.75 Å². The van der Waals surface area contributed by atoms with Crippen molar-refractivity contribution in [1.82, 2.24) is 4.98 Å². The minimum absolute atomic E-state index is 0.00878. The predicted octanol–water partition coefficient (Wildman–Crippen LogP) is 3.09. The largest absolute Gasteiger partial charge is 0.481 e. The Kier molecular flexibility index (Phi) is 4.13. The van der Waals surface area contributed by atoms with Gasteiger partial charge in [-0.15, -0.1) is 0 Å². The Balaban J connectivity index is 2.23. The van der Waals surface area contributed by atoms with Crippen LogP contribution in [0.4, 0.5) is 5.69 Å². The van der Waals surface area contributed by atoms with E-state index in [1.807, 2.05) is 6.07 Å². The molecule has 100 valence electrons. The van der Waals surface area contributed by atoms with Crippen molar-refractivity contribution in [3.63, 3.8) is 0 Å². The average molecular weight is 290 g/mol. The van der Waals surface area contributed by atoms with Crippen molar-refractivity contribution in [3.8, 4) is 11.8 Å². The Labute approximate surface area is 119 Å². The molecule has 2 aromatic rings. The van der Waals surface area contributed by atoms with Gasteiger partial charge in [-0.2, -0.15) is 5.26 Å². The number of ether oxygens (including phenoxy) is 1. The Bertz CT molecular complexity index is 698. The second kappa shape index (κ2) is 5.99. The number of hydrogen-bond acceptors (Lipinski definition) is 5. The lowest BCUT2D eigenvalue weighted by Crippen LogP contribution is -2.00. The molecule has 6 nitrogen and oxygen atoms in total. The van der Waals surface area contributed by atoms with Gasteiger partial charge in [-0.05, 0) is 23.8 Å². The summed E-state index contributed by atoms with van der Waals surface area (Å²) in [5, 5.41) is 19.8. The van der Waals surface area contributed by atoms with E-state index in [4.69, 9.17) is 21.6 Å². The van der Waals surface area contributed by atoms with Crippen LogP contribution in [0.3, 0.4) is 0 Å². The molecule has 0 aliphatic rings.